The van der Waals surface area contributed by atoms with Crippen molar-refractivity contribution in [1.82, 2.24) is 19.3 Å². The summed E-state index contributed by atoms with van der Waals surface area (Å²) in [6, 6.07) is 11.4. The summed E-state index contributed by atoms with van der Waals surface area (Å²) < 4.78 is 28.6. The molecule has 1 amide bonds. The van der Waals surface area contributed by atoms with Crippen LogP contribution in [0, 0.1) is 6.92 Å². The van der Waals surface area contributed by atoms with Gasteiger partial charge in [0, 0.05) is 23.2 Å². The van der Waals surface area contributed by atoms with Crippen molar-refractivity contribution in [1.29, 1.82) is 0 Å². The summed E-state index contributed by atoms with van der Waals surface area (Å²) in [6.07, 6.45) is 4.26. The number of nitrogens with one attached hydrogen (secondary N) is 1. The van der Waals surface area contributed by atoms with E-state index < -0.39 is 28.0 Å². The van der Waals surface area contributed by atoms with Gasteiger partial charge in [-0.2, -0.15) is 0 Å². The topological polar surface area (TPSA) is 111 Å². The second-order valence-corrected chi connectivity index (χ2v) is 8.18. The first-order valence-electron chi connectivity index (χ1n) is 8.70. The van der Waals surface area contributed by atoms with Crippen LogP contribution in [0.4, 0.5) is 0 Å². The molecular formula is C20H16N4O4S. The molecule has 1 N–H and O–H groups in total. The minimum atomic E-state index is -4.13. The molecule has 8 nitrogen and oxygen atoms in total. The second-order valence-electron chi connectivity index (χ2n) is 6.53. The second kappa shape index (κ2) is 7.10. The molecule has 0 saturated carbocycles. The van der Waals surface area contributed by atoms with Gasteiger partial charge in [0.2, 0.25) is 0 Å². The fourth-order valence-electron chi connectivity index (χ4n) is 3.17. The Morgan fingerprint density at radius 1 is 1.10 bits per heavy atom. The quantitative estimate of drug-likeness (QED) is 0.551. The molecule has 2 heterocycles. The van der Waals surface area contributed by atoms with E-state index in [-0.39, 0.29) is 4.90 Å². The summed E-state index contributed by atoms with van der Waals surface area (Å²) in [5.74, 6) is -0.841. The molecule has 146 valence electrons. The van der Waals surface area contributed by atoms with Crippen LogP contribution in [-0.4, -0.2) is 28.9 Å². The standard InChI is InChI=1S/C20H16N4O4S/c1-13-4-2-6-16-19(13)22-12-24(20(16)26)11-18(25)23-29(27,28)17-7-3-5-14-10-21-9-8-15(14)17/h2-10,12H,11H2,1H3,(H,23,25). The zero-order valence-electron chi connectivity index (χ0n) is 15.4. The summed E-state index contributed by atoms with van der Waals surface area (Å²) in [4.78, 5) is 33.2. The molecule has 2 aromatic carbocycles. The van der Waals surface area contributed by atoms with Gasteiger partial charge in [-0.05, 0) is 30.7 Å². The Labute approximate surface area is 165 Å². The van der Waals surface area contributed by atoms with Gasteiger partial charge in [-0.15, -0.1) is 0 Å². The number of benzene rings is 2. The number of aromatic nitrogens is 3. The van der Waals surface area contributed by atoms with E-state index in [1.807, 2.05) is 17.7 Å². The van der Waals surface area contributed by atoms with Gasteiger partial charge in [0.25, 0.3) is 21.5 Å². The first kappa shape index (κ1) is 18.8. The van der Waals surface area contributed by atoms with Gasteiger partial charge in [0.05, 0.1) is 22.1 Å². The third kappa shape index (κ3) is 3.47. The number of pyridine rings is 1. The van der Waals surface area contributed by atoms with Crippen LogP contribution in [0.15, 0.2) is 70.9 Å². The summed E-state index contributed by atoms with van der Waals surface area (Å²) in [5.41, 5.74) is 0.970. The smallest absolute Gasteiger partial charge is 0.264 e. The van der Waals surface area contributed by atoms with Crippen molar-refractivity contribution in [3.8, 4) is 0 Å². The maximum absolute atomic E-state index is 12.7. The Hall–Kier alpha value is -3.59. The fourth-order valence-corrected chi connectivity index (χ4v) is 4.38. The van der Waals surface area contributed by atoms with Crippen LogP contribution in [0.1, 0.15) is 5.56 Å². The lowest BCUT2D eigenvalue weighted by Gasteiger charge is -2.11. The molecule has 0 aliphatic carbocycles. The van der Waals surface area contributed by atoms with Crippen LogP contribution >= 0.6 is 0 Å². The SMILES string of the molecule is Cc1cccc2c(=O)n(CC(=O)NS(=O)(=O)c3cccc4cnccc34)cnc12. The van der Waals surface area contributed by atoms with Crippen molar-refractivity contribution in [3.63, 3.8) is 0 Å². The van der Waals surface area contributed by atoms with Crippen molar-refractivity contribution >= 4 is 37.6 Å². The van der Waals surface area contributed by atoms with Gasteiger partial charge in [-0.25, -0.2) is 18.1 Å². The van der Waals surface area contributed by atoms with Gasteiger partial charge >= 0.3 is 0 Å². The number of carbonyl (C=O) groups excluding carboxylic acids is 1. The molecule has 0 unspecified atom stereocenters. The molecule has 0 atom stereocenters. The molecule has 29 heavy (non-hydrogen) atoms. The molecule has 0 spiro atoms. The lowest BCUT2D eigenvalue weighted by Crippen LogP contribution is -2.36. The van der Waals surface area contributed by atoms with E-state index in [9.17, 15) is 18.0 Å². The molecule has 0 fully saturated rings. The van der Waals surface area contributed by atoms with Crippen molar-refractivity contribution < 1.29 is 13.2 Å². The highest BCUT2D eigenvalue weighted by Crippen LogP contribution is 2.21. The van der Waals surface area contributed by atoms with Crippen molar-refractivity contribution in [2.75, 3.05) is 0 Å². The third-order valence-electron chi connectivity index (χ3n) is 4.55. The minimum absolute atomic E-state index is 0.0367. The van der Waals surface area contributed by atoms with Crippen molar-refractivity contribution in [2.45, 2.75) is 18.4 Å². The van der Waals surface area contributed by atoms with Crippen molar-refractivity contribution in [3.05, 3.63) is 77.1 Å². The highest BCUT2D eigenvalue weighted by Gasteiger charge is 2.21. The number of sulfonamides is 1. The highest BCUT2D eigenvalue weighted by atomic mass is 32.2. The van der Waals surface area contributed by atoms with Gasteiger partial charge < -0.3 is 0 Å². The van der Waals surface area contributed by atoms with Crippen LogP contribution in [0.25, 0.3) is 21.7 Å². The Balaban J connectivity index is 1.64. The van der Waals surface area contributed by atoms with Crippen molar-refractivity contribution in [2.24, 2.45) is 0 Å². The average molecular weight is 408 g/mol. The summed E-state index contributed by atoms with van der Waals surface area (Å²) in [7, 11) is -4.13. The molecule has 4 aromatic rings. The first-order valence-corrected chi connectivity index (χ1v) is 10.2. The summed E-state index contributed by atoms with van der Waals surface area (Å²) >= 11 is 0. The minimum Gasteiger partial charge on any atom is -0.289 e. The molecule has 2 aromatic heterocycles. The van der Waals surface area contributed by atoms with Crippen LogP contribution in [-0.2, 0) is 21.4 Å². The molecular weight excluding hydrogens is 392 g/mol. The molecule has 0 bridgehead atoms. The maximum Gasteiger partial charge on any atom is 0.264 e. The Kier molecular flexibility index (Phi) is 4.59. The number of aryl methyl sites for hydroxylation is 1. The van der Waals surface area contributed by atoms with E-state index in [0.717, 1.165) is 10.1 Å². The number of fused-ring (bicyclic) bond motifs is 2. The third-order valence-corrected chi connectivity index (χ3v) is 5.98. The van der Waals surface area contributed by atoms with Gasteiger partial charge in [0.1, 0.15) is 6.54 Å². The number of nitrogens with zero attached hydrogens (tertiary/aromatic N) is 3. The molecule has 9 heteroatoms. The maximum atomic E-state index is 12.7. The van der Waals surface area contributed by atoms with Crippen LogP contribution in [0.2, 0.25) is 0 Å². The molecule has 0 radical (unpaired) electrons. The van der Waals surface area contributed by atoms with Crippen LogP contribution in [0.5, 0.6) is 0 Å². The van der Waals surface area contributed by atoms with E-state index in [4.69, 9.17) is 0 Å². The average Bonchev–Trinajstić information content (AvgIpc) is 2.70. The van der Waals surface area contributed by atoms with Crippen LogP contribution < -0.4 is 10.3 Å². The predicted octanol–water partition coefficient (Wildman–Crippen LogP) is 1.76. The molecule has 0 saturated heterocycles. The Bertz CT molecular complexity index is 1420. The van der Waals surface area contributed by atoms with Crippen LogP contribution in [0.3, 0.4) is 0 Å². The van der Waals surface area contributed by atoms with Gasteiger partial charge in [0.15, 0.2) is 0 Å². The summed E-state index contributed by atoms with van der Waals surface area (Å²) in [6.45, 7) is 1.36. The van der Waals surface area contributed by atoms with E-state index in [0.29, 0.717) is 21.7 Å². The summed E-state index contributed by atoms with van der Waals surface area (Å²) in [5, 5.41) is 1.45. The lowest BCUT2D eigenvalue weighted by molar-refractivity contribution is -0.119. The van der Waals surface area contributed by atoms with Gasteiger partial charge in [-0.1, -0.05) is 24.3 Å². The van der Waals surface area contributed by atoms with E-state index >= 15 is 0 Å². The molecule has 4 rings (SSSR count). The zero-order valence-corrected chi connectivity index (χ0v) is 16.2. The normalized spacial score (nSPS) is 11.6. The zero-order chi connectivity index (χ0) is 20.6. The number of amides is 1. The number of hydrogen-bond donors (Lipinski definition) is 1. The lowest BCUT2D eigenvalue weighted by atomic mass is 10.1. The molecule has 0 aliphatic rings. The Morgan fingerprint density at radius 2 is 1.90 bits per heavy atom. The number of para-hydroxylation sites is 1. The monoisotopic (exact) mass is 408 g/mol. The largest absolute Gasteiger partial charge is 0.289 e. The van der Waals surface area contributed by atoms with Gasteiger partial charge in [-0.3, -0.25) is 19.1 Å². The number of rotatable bonds is 4. The number of carbonyl (C=O) groups is 1. The van der Waals surface area contributed by atoms with E-state index in [1.165, 1.54) is 18.6 Å². The number of hydrogen-bond acceptors (Lipinski definition) is 6. The Morgan fingerprint density at radius 3 is 2.72 bits per heavy atom. The first-order chi connectivity index (χ1) is 13.9. The fraction of sp³-hybridized carbons (Fsp3) is 0.100. The molecule has 0 aliphatic heterocycles. The highest BCUT2D eigenvalue weighted by molar-refractivity contribution is 7.90. The predicted molar refractivity (Wildman–Crippen MR) is 108 cm³/mol. The van der Waals surface area contributed by atoms with E-state index in [2.05, 4.69) is 9.97 Å². The van der Waals surface area contributed by atoms with E-state index in [1.54, 1.807) is 36.5 Å².